The molecule has 0 unspecified atom stereocenters. The molecule has 0 aromatic heterocycles. The highest BCUT2D eigenvalue weighted by atomic mass is 19.1. The Hall–Kier alpha value is -1.84. The van der Waals surface area contributed by atoms with Gasteiger partial charge in [0.15, 0.2) is 0 Å². The Kier molecular flexibility index (Phi) is 3.67. The number of ether oxygens (including phenoxy) is 1. The van der Waals surface area contributed by atoms with E-state index in [2.05, 4.69) is 10.1 Å². The zero-order valence-electron chi connectivity index (χ0n) is 7.66. The van der Waals surface area contributed by atoms with Gasteiger partial charge in [-0.3, -0.25) is 4.79 Å². The third-order valence-corrected chi connectivity index (χ3v) is 1.47. The molecule has 1 rings (SSSR count). The van der Waals surface area contributed by atoms with Crippen molar-refractivity contribution in [3.05, 3.63) is 42.4 Å². The fourth-order valence-corrected chi connectivity index (χ4v) is 0.869. The lowest BCUT2D eigenvalue weighted by atomic mass is 10.3. The average molecular weight is 195 g/mol. The molecule has 0 aliphatic carbocycles. The topological polar surface area (TPSA) is 38.3 Å². The van der Waals surface area contributed by atoms with Gasteiger partial charge in [0.2, 0.25) is 5.83 Å². The minimum Gasteiger partial charge on any atom is -0.501 e. The number of carbonyl (C=O) groups excluding carboxylic acids is 1. The van der Waals surface area contributed by atoms with Crippen LogP contribution in [-0.4, -0.2) is 13.0 Å². The number of anilines is 1. The smallest absolute Gasteiger partial charge is 0.287 e. The zero-order chi connectivity index (χ0) is 10.4. The lowest BCUT2D eigenvalue weighted by molar-refractivity contribution is -0.114. The number of carbonyl (C=O) groups is 1. The maximum absolute atomic E-state index is 12.8. The Bertz CT molecular complexity index is 335. The zero-order valence-corrected chi connectivity index (χ0v) is 7.66. The van der Waals surface area contributed by atoms with Gasteiger partial charge in [-0.05, 0) is 12.1 Å². The number of nitrogens with one attached hydrogen (secondary N) is 1. The summed E-state index contributed by atoms with van der Waals surface area (Å²) in [6, 6.07) is 8.62. The summed E-state index contributed by atoms with van der Waals surface area (Å²) in [5, 5.41) is 2.36. The molecule has 1 amide bonds. The molecule has 0 spiro atoms. The molecule has 1 aromatic carbocycles. The summed E-state index contributed by atoms with van der Waals surface area (Å²) in [7, 11) is 1.27. The van der Waals surface area contributed by atoms with Crippen molar-refractivity contribution in [3.8, 4) is 0 Å². The van der Waals surface area contributed by atoms with E-state index in [0.717, 1.165) is 6.26 Å². The summed E-state index contributed by atoms with van der Waals surface area (Å²) in [4.78, 5) is 11.1. The fraction of sp³-hybridized carbons (Fsp3) is 0.100. The molecule has 1 aromatic rings. The molecule has 14 heavy (non-hydrogen) atoms. The third-order valence-electron chi connectivity index (χ3n) is 1.47. The summed E-state index contributed by atoms with van der Waals surface area (Å²) in [5.41, 5.74) is 0.539. The van der Waals surface area contributed by atoms with Gasteiger partial charge in [0.1, 0.15) is 6.26 Å². The third kappa shape index (κ3) is 2.90. The molecule has 0 aliphatic rings. The standard InChI is InChI=1S/C10H10FNO2/c1-14-7-9(11)10(13)12-8-5-3-2-4-6-8/h2-7H,1H3,(H,12,13)/b9-7+. The van der Waals surface area contributed by atoms with E-state index in [9.17, 15) is 9.18 Å². The van der Waals surface area contributed by atoms with Crippen LogP contribution in [0.2, 0.25) is 0 Å². The summed E-state index contributed by atoms with van der Waals surface area (Å²) in [6.45, 7) is 0. The Morgan fingerprint density at radius 1 is 1.43 bits per heavy atom. The van der Waals surface area contributed by atoms with Crippen LogP contribution in [0.15, 0.2) is 42.4 Å². The number of para-hydroxylation sites is 1. The molecule has 4 heteroatoms. The second kappa shape index (κ2) is 5.01. The van der Waals surface area contributed by atoms with E-state index in [1.165, 1.54) is 7.11 Å². The van der Waals surface area contributed by atoms with Crippen LogP contribution in [0.25, 0.3) is 0 Å². The highest BCUT2D eigenvalue weighted by Crippen LogP contribution is 2.07. The Morgan fingerprint density at radius 3 is 2.64 bits per heavy atom. The fourth-order valence-electron chi connectivity index (χ4n) is 0.869. The second-order valence-electron chi connectivity index (χ2n) is 2.52. The number of hydrogen-bond donors (Lipinski definition) is 1. The molecule has 0 fully saturated rings. The first-order chi connectivity index (χ1) is 6.74. The molecule has 1 N–H and O–H groups in total. The molecule has 0 radical (unpaired) electrons. The Labute approximate surface area is 81.2 Å². The van der Waals surface area contributed by atoms with Gasteiger partial charge >= 0.3 is 0 Å². The van der Waals surface area contributed by atoms with Crippen LogP contribution in [0.3, 0.4) is 0 Å². The molecule has 0 aliphatic heterocycles. The van der Waals surface area contributed by atoms with Crippen molar-refractivity contribution < 1.29 is 13.9 Å². The maximum Gasteiger partial charge on any atom is 0.287 e. The van der Waals surface area contributed by atoms with Crippen LogP contribution in [0.4, 0.5) is 10.1 Å². The van der Waals surface area contributed by atoms with Crippen LogP contribution >= 0.6 is 0 Å². The average Bonchev–Trinajstić information content (AvgIpc) is 2.19. The van der Waals surface area contributed by atoms with Crippen molar-refractivity contribution in [2.75, 3.05) is 12.4 Å². The van der Waals surface area contributed by atoms with Gasteiger partial charge in [-0.2, -0.15) is 4.39 Å². The van der Waals surface area contributed by atoms with Gasteiger partial charge in [0, 0.05) is 5.69 Å². The first-order valence-electron chi connectivity index (χ1n) is 3.99. The lowest BCUT2D eigenvalue weighted by Crippen LogP contribution is -2.11. The van der Waals surface area contributed by atoms with Crippen molar-refractivity contribution in [3.63, 3.8) is 0 Å². The Morgan fingerprint density at radius 2 is 2.07 bits per heavy atom. The molecular weight excluding hydrogens is 185 g/mol. The second-order valence-corrected chi connectivity index (χ2v) is 2.52. The minimum absolute atomic E-state index is 0.539. The van der Waals surface area contributed by atoms with Crippen molar-refractivity contribution in [1.82, 2.24) is 0 Å². The van der Waals surface area contributed by atoms with Crippen molar-refractivity contribution in [2.24, 2.45) is 0 Å². The predicted molar refractivity (Wildman–Crippen MR) is 51.3 cm³/mol. The quantitative estimate of drug-likeness (QED) is 0.592. The molecule has 0 saturated carbocycles. The van der Waals surface area contributed by atoms with Gasteiger partial charge in [0.25, 0.3) is 5.91 Å². The summed E-state index contributed by atoms with van der Waals surface area (Å²) in [5.74, 6) is -1.78. The van der Waals surface area contributed by atoms with Crippen LogP contribution in [0.1, 0.15) is 0 Å². The van der Waals surface area contributed by atoms with Gasteiger partial charge in [0.05, 0.1) is 7.11 Å². The molecule has 0 atom stereocenters. The van der Waals surface area contributed by atoms with E-state index in [1.807, 2.05) is 0 Å². The molecule has 3 nitrogen and oxygen atoms in total. The van der Waals surface area contributed by atoms with E-state index in [1.54, 1.807) is 30.3 Å². The van der Waals surface area contributed by atoms with E-state index in [0.29, 0.717) is 5.69 Å². The van der Waals surface area contributed by atoms with E-state index < -0.39 is 11.7 Å². The highest BCUT2D eigenvalue weighted by molar-refractivity contribution is 6.01. The predicted octanol–water partition coefficient (Wildman–Crippen LogP) is 2.08. The monoisotopic (exact) mass is 195 g/mol. The van der Waals surface area contributed by atoms with Crippen molar-refractivity contribution >= 4 is 11.6 Å². The van der Waals surface area contributed by atoms with E-state index >= 15 is 0 Å². The van der Waals surface area contributed by atoms with Crippen molar-refractivity contribution in [1.29, 1.82) is 0 Å². The SMILES string of the molecule is CO/C=C(/F)C(=O)Nc1ccccc1. The molecule has 0 saturated heterocycles. The van der Waals surface area contributed by atoms with Crippen LogP contribution in [-0.2, 0) is 9.53 Å². The first-order valence-corrected chi connectivity index (χ1v) is 3.99. The number of amides is 1. The van der Waals surface area contributed by atoms with Gasteiger partial charge in [-0.25, -0.2) is 0 Å². The van der Waals surface area contributed by atoms with E-state index in [4.69, 9.17) is 0 Å². The highest BCUT2D eigenvalue weighted by Gasteiger charge is 2.08. The molecule has 0 bridgehead atoms. The lowest BCUT2D eigenvalue weighted by Gasteiger charge is -2.01. The Balaban J connectivity index is 2.62. The van der Waals surface area contributed by atoms with Crippen LogP contribution in [0, 0.1) is 0 Å². The summed E-state index contributed by atoms with van der Waals surface area (Å²) in [6.07, 6.45) is 0.748. The number of halogens is 1. The van der Waals surface area contributed by atoms with E-state index in [-0.39, 0.29) is 0 Å². The largest absolute Gasteiger partial charge is 0.501 e. The van der Waals surface area contributed by atoms with Crippen LogP contribution in [0.5, 0.6) is 0 Å². The number of hydrogen-bond acceptors (Lipinski definition) is 2. The van der Waals surface area contributed by atoms with Gasteiger partial charge in [-0.15, -0.1) is 0 Å². The number of rotatable bonds is 3. The summed E-state index contributed by atoms with van der Waals surface area (Å²) < 4.78 is 17.2. The number of methoxy groups -OCH3 is 1. The van der Waals surface area contributed by atoms with Crippen molar-refractivity contribution in [2.45, 2.75) is 0 Å². The molecule has 74 valence electrons. The van der Waals surface area contributed by atoms with Gasteiger partial charge in [-0.1, -0.05) is 18.2 Å². The normalized spacial score (nSPS) is 10.9. The van der Waals surface area contributed by atoms with Crippen LogP contribution < -0.4 is 5.32 Å². The number of benzene rings is 1. The minimum atomic E-state index is -0.962. The first kappa shape index (κ1) is 10.2. The summed E-state index contributed by atoms with van der Waals surface area (Å²) >= 11 is 0. The maximum atomic E-state index is 12.8. The molecular formula is C10H10FNO2. The van der Waals surface area contributed by atoms with Gasteiger partial charge < -0.3 is 10.1 Å². The molecule has 0 heterocycles.